The zero-order chi connectivity index (χ0) is 24.9. The third-order valence-electron chi connectivity index (χ3n) is 7.70. The molecule has 8 heteroatoms. The first kappa shape index (κ1) is 25.6. The van der Waals surface area contributed by atoms with Gasteiger partial charge in [0.25, 0.3) is 12.3 Å². The lowest BCUT2D eigenvalue weighted by atomic mass is 9.75. The fraction of sp³-hybridized carbons (Fsp3) is 0.630. The topological polar surface area (TPSA) is 63.6 Å². The molecule has 1 saturated heterocycles. The third-order valence-corrected chi connectivity index (χ3v) is 7.70. The molecule has 1 aliphatic carbocycles. The summed E-state index contributed by atoms with van der Waals surface area (Å²) in [6.45, 7) is 4.57. The molecule has 4 rings (SSSR count). The SMILES string of the molecule is CCn1c2c(c3cc(C(=O)N(C)CCCC(=O)NCC(F)F)ccc31)CC(C1CCOCC1)CC2. The van der Waals surface area contributed by atoms with Gasteiger partial charge in [0.05, 0.1) is 6.54 Å². The van der Waals surface area contributed by atoms with Crippen molar-refractivity contribution in [3.63, 3.8) is 0 Å². The van der Waals surface area contributed by atoms with Crippen LogP contribution >= 0.6 is 0 Å². The number of aryl methyl sites for hydroxylation is 1. The Balaban J connectivity index is 1.46. The van der Waals surface area contributed by atoms with Crippen LogP contribution in [0.1, 0.15) is 60.6 Å². The summed E-state index contributed by atoms with van der Waals surface area (Å²) in [5.41, 5.74) is 4.66. The van der Waals surface area contributed by atoms with Gasteiger partial charge in [-0.15, -0.1) is 0 Å². The van der Waals surface area contributed by atoms with E-state index >= 15 is 0 Å². The zero-order valence-corrected chi connectivity index (χ0v) is 20.8. The number of nitrogens with one attached hydrogen (secondary N) is 1. The molecule has 1 aliphatic heterocycles. The van der Waals surface area contributed by atoms with Crippen LogP contribution in [0.3, 0.4) is 0 Å². The highest BCUT2D eigenvalue weighted by atomic mass is 19.3. The Kier molecular flexibility index (Phi) is 8.42. The summed E-state index contributed by atoms with van der Waals surface area (Å²) in [6, 6.07) is 6.00. The molecule has 2 aromatic rings. The van der Waals surface area contributed by atoms with Crippen LogP contribution in [0.2, 0.25) is 0 Å². The van der Waals surface area contributed by atoms with Crippen molar-refractivity contribution in [3.05, 3.63) is 35.0 Å². The summed E-state index contributed by atoms with van der Waals surface area (Å²) in [7, 11) is 1.72. The van der Waals surface area contributed by atoms with Crippen molar-refractivity contribution >= 4 is 22.7 Å². The predicted molar refractivity (Wildman–Crippen MR) is 132 cm³/mol. The maximum atomic E-state index is 13.1. The summed E-state index contributed by atoms with van der Waals surface area (Å²) >= 11 is 0. The van der Waals surface area contributed by atoms with E-state index in [9.17, 15) is 18.4 Å². The quantitative estimate of drug-likeness (QED) is 0.567. The normalized spacial score (nSPS) is 18.6. The van der Waals surface area contributed by atoms with Crippen LogP contribution in [0.4, 0.5) is 8.78 Å². The Labute approximate surface area is 206 Å². The fourth-order valence-electron chi connectivity index (χ4n) is 5.84. The van der Waals surface area contributed by atoms with Crippen LogP contribution in [-0.4, -0.2) is 61.1 Å². The highest BCUT2D eigenvalue weighted by Crippen LogP contribution is 2.39. The fourth-order valence-corrected chi connectivity index (χ4v) is 5.84. The monoisotopic (exact) mass is 489 g/mol. The van der Waals surface area contributed by atoms with Crippen molar-refractivity contribution in [2.24, 2.45) is 11.8 Å². The second-order valence-corrected chi connectivity index (χ2v) is 9.88. The van der Waals surface area contributed by atoms with E-state index in [-0.39, 0.29) is 12.3 Å². The van der Waals surface area contributed by atoms with Gasteiger partial charge >= 0.3 is 0 Å². The molecule has 1 atom stereocenters. The average molecular weight is 490 g/mol. The first-order valence-corrected chi connectivity index (χ1v) is 12.9. The molecular weight excluding hydrogens is 452 g/mol. The van der Waals surface area contributed by atoms with Crippen molar-refractivity contribution in [2.45, 2.75) is 64.8 Å². The summed E-state index contributed by atoms with van der Waals surface area (Å²) < 4.78 is 32.4. The molecule has 6 nitrogen and oxygen atoms in total. The number of hydrogen-bond acceptors (Lipinski definition) is 3. The van der Waals surface area contributed by atoms with E-state index < -0.39 is 18.9 Å². The molecule has 192 valence electrons. The van der Waals surface area contributed by atoms with Crippen LogP contribution in [-0.2, 0) is 28.9 Å². The van der Waals surface area contributed by atoms with Gasteiger partial charge in [-0.1, -0.05) is 0 Å². The number of halogens is 2. The van der Waals surface area contributed by atoms with Gasteiger partial charge in [-0.3, -0.25) is 9.59 Å². The van der Waals surface area contributed by atoms with E-state index in [2.05, 4.69) is 22.9 Å². The highest BCUT2D eigenvalue weighted by Gasteiger charge is 2.31. The van der Waals surface area contributed by atoms with E-state index in [4.69, 9.17) is 4.74 Å². The number of alkyl halides is 2. The minimum absolute atomic E-state index is 0.0883. The van der Waals surface area contributed by atoms with Gasteiger partial charge in [0.15, 0.2) is 0 Å². The first-order chi connectivity index (χ1) is 16.9. The molecule has 2 aliphatic rings. The number of ether oxygens (including phenoxy) is 1. The summed E-state index contributed by atoms with van der Waals surface area (Å²) in [4.78, 5) is 26.4. The van der Waals surface area contributed by atoms with Crippen molar-refractivity contribution in [2.75, 3.05) is 33.4 Å². The lowest BCUT2D eigenvalue weighted by Gasteiger charge is -2.33. The smallest absolute Gasteiger partial charge is 0.255 e. The van der Waals surface area contributed by atoms with Crippen molar-refractivity contribution in [1.82, 2.24) is 14.8 Å². The Morgan fingerprint density at radius 2 is 1.97 bits per heavy atom. The molecule has 0 spiro atoms. The molecule has 0 radical (unpaired) electrons. The second kappa shape index (κ2) is 11.5. The molecule has 2 amide bonds. The van der Waals surface area contributed by atoms with E-state index in [0.29, 0.717) is 30.4 Å². The zero-order valence-electron chi connectivity index (χ0n) is 20.8. The molecule has 0 bridgehead atoms. The number of benzene rings is 1. The molecule has 35 heavy (non-hydrogen) atoms. The molecule has 2 heterocycles. The van der Waals surface area contributed by atoms with Gasteiger partial charge in [0, 0.05) is 61.9 Å². The molecule has 1 aromatic carbocycles. The van der Waals surface area contributed by atoms with Gasteiger partial charge < -0.3 is 19.5 Å². The number of fused-ring (bicyclic) bond motifs is 3. The molecule has 1 fully saturated rings. The van der Waals surface area contributed by atoms with E-state index in [1.807, 2.05) is 12.1 Å². The number of rotatable bonds is 9. The highest BCUT2D eigenvalue weighted by molar-refractivity contribution is 5.99. The van der Waals surface area contributed by atoms with Gasteiger partial charge in [-0.25, -0.2) is 8.78 Å². The standard InChI is InChI=1S/C27H37F2N3O3/c1-3-32-23-8-6-19(18-10-13-35-14-11-18)15-21(23)22-16-20(7-9-24(22)32)27(34)31(2)12-4-5-26(33)30-17-25(28)29/h7,9,16,18-19,25H,3-6,8,10-15,17H2,1-2H3,(H,30,33). The Morgan fingerprint density at radius 1 is 1.20 bits per heavy atom. The number of aromatic nitrogens is 1. The summed E-state index contributed by atoms with van der Waals surface area (Å²) in [6.07, 6.45) is 3.62. The number of carbonyl (C=O) groups is 2. The lowest BCUT2D eigenvalue weighted by molar-refractivity contribution is -0.121. The van der Waals surface area contributed by atoms with E-state index in [1.54, 1.807) is 11.9 Å². The van der Waals surface area contributed by atoms with Gasteiger partial charge in [-0.05, 0) is 81.0 Å². The van der Waals surface area contributed by atoms with Crippen molar-refractivity contribution < 1.29 is 23.1 Å². The van der Waals surface area contributed by atoms with Crippen LogP contribution in [0.25, 0.3) is 10.9 Å². The summed E-state index contributed by atoms with van der Waals surface area (Å²) in [5, 5.41) is 3.38. The van der Waals surface area contributed by atoms with Crippen molar-refractivity contribution in [1.29, 1.82) is 0 Å². The van der Waals surface area contributed by atoms with Gasteiger partial charge in [0.2, 0.25) is 5.91 Å². The van der Waals surface area contributed by atoms with Gasteiger partial charge in [-0.2, -0.15) is 0 Å². The van der Waals surface area contributed by atoms with Crippen LogP contribution in [0.5, 0.6) is 0 Å². The number of hydrogen-bond donors (Lipinski definition) is 1. The van der Waals surface area contributed by atoms with E-state index in [0.717, 1.165) is 45.4 Å². The molecule has 1 N–H and O–H groups in total. The third kappa shape index (κ3) is 5.85. The molecule has 0 saturated carbocycles. The maximum Gasteiger partial charge on any atom is 0.255 e. The Bertz CT molecular complexity index is 1050. The largest absolute Gasteiger partial charge is 0.381 e. The lowest BCUT2D eigenvalue weighted by Crippen LogP contribution is -2.31. The van der Waals surface area contributed by atoms with Crippen LogP contribution < -0.4 is 5.32 Å². The number of carbonyl (C=O) groups excluding carboxylic acids is 2. The minimum atomic E-state index is -2.56. The molecule has 1 aromatic heterocycles. The maximum absolute atomic E-state index is 13.1. The molecular formula is C27H37F2N3O3. The number of amides is 2. The molecule has 1 unspecified atom stereocenters. The Hall–Kier alpha value is -2.48. The predicted octanol–water partition coefficient (Wildman–Crippen LogP) is 4.43. The minimum Gasteiger partial charge on any atom is -0.381 e. The second-order valence-electron chi connectivity index (χ2n) is 9.88. The van der Waals surface area contributed by atoms with Gasteiger partial charge in [0.1, 0.15) is 0 Å². The first-order valence-electron chi connectivity index (χ1n) is 12.9. The Morgan fingerprint density at radius 3 is 2.69 bits per heavy atom. The average Bonchev–Trinajstić information content (AvgIpc) is 3.19. The van der Waals surface area contributed by atoms with Crippen molar-refractivity contribution in [3.8, 4) is 0 Å². The van der Waals surface area contributed by atoms with Crippen LogP contribution in [0, 0.1) is 11.8 Å². The van der Waals surface area contributed by atoms with E-state index in [1.165, 1.54) is 28.6 Å². The van der Waals surface area contributed by atoms with Crippen LogP contribution in [0.15, 0.2) is 18.2 Å². The number of nitrogens with zero attached hydrogens (tertiary/aromatic N) is 2. The summed E-state index contributed by atoms with van der Waals surface area (Å²) in [5.74, 6) is 0.875.